The normalized spacial score (nSPS) is 16.4. The Morgan fingerprint density at radius 2 is 1.84 bits per heavy atom. The second-order valence-corrected chi connectivity index (χ2v) is 7.85. The number of halogens is 3. The molecular formula is C22H23F3N2O4. The van der Waals surface area contributed by atoms with Crippen molar-refractivity contribution in [2.24, 2.45) is 0 Å². The molecule has 0 radical (unpaired) electrons. The van der Waals surface area contributed by atoms with E-state index in [1.807, 2.05) is 12.1 Å². The number of carbonyl (C=O) groups is 1. The van der Waals surface area contributed by atoms with Gasteiger partial charge in [-0.3, -0.25) is 9.59 Å². The average Bonchev–Trinajstić information content (AvgIpc) is 3.21. The maximum Gasteiger partial charge on any atom is 0.421 e. The molecular weight excluding hydrogens is 413 g/mol. The molecule has 2 aliphatic rings. The number of carbonyl (C=O) groups excluding carboxylic acids is 1. The molecule has 0 atom stereocenters. The van der Waals surface area contributed by atoms with E-state index in [1.165, 1.54) is 6.20 Å². The van der Waals surface area contributed by atoms with Gasteiger partial charge in [0.15, 0.2) is 11.5 Å². The lowest BCUT2D eigenvalue weighted by Crippen LogP contribution is -2.44. The Bertz CT molecular complexity index is 1010. The number of nitrogens with zero attached hydrogens (tertiary/aromatic N) is 2. The zero-order chi connectivity index (χ0) is 22.0. The molecule has 9 heteroatoms. The van der Waals surface area contributed by atoms with Crippen LogP contribution in [0.4, 0.5) is 13.2 Å². The third-order valence-corrected chi connectivity index (χ3v) is 5.76. The third kappa shape index (κ3) is 4.70. The fourth-order valence-corrected chi connectivity index (χ4v) is 4.16. The zero-order valence-electron chi connectivity index (χ0n) is 16.9. The van der Waals surface area contributed by atoms with Crippen LogP contribution in [0.1, 0.15) is 43.2 Å². The summed E-state index contributed by atoms with van der Waals surface area (Å²) in [6, 6.07) is 7.27. The Balaban J connectivity index is 1.58. The monoisotopic (exact) mass is 436 g/mol. The van der Waals surface area contributed by atoms with Gasteiger partial charge in [-0.15, -0.1) is 0 Å². The number of hydrogen-bond acceptors (Lipinski definition) is 4. The molecule has 1 fully saturated rings. The van der Waals surface area contributed by atoms with Crippen LogP contribution >= 0.6 is 0 Å². The van der Waals surface area contributed by atoms with E-state index in [0.717, 1.165) is 54.4 Å². The number of rotatable bonds is 5. The van der Waals surface area contributed by atoms with Crippen LogP contribution in [0.3, 0.4) is 0 Å². The lowest BCUT2D eigenvalue weighted by Gasteiger charge is -2.35. The first-order valence-electron chi connectivity index (χ1n) is 10.3. The summed E-state index contributed by atoms with van der Waals surface area (Å²) < 4.78 is 50.8. The van der Waals surface area contributed by atoms with Crippen molar-refractivity contribution in [2.45, 2.75) is 57.4 Å². The van der Waals surface area contributed by atoms with Crippen LogP contribution in [-0.2, 0) is 24.1 Å². The van der Waals surface area contributed by atoms with Gasteiger partial charge in [0.2, 0.25) is 12.7 Å². The molecule has 166 valence electrons. The molecule has 0 spiro atoms. The number of pyridine rings is 1. The highest BCUT2D eigenvalue weighted by Crippen LogP contribution is 2.33. The Morgan fingerprint density at radius 1 is 1.10 bits per heavy atom. The molecule has 2 aromatic rings. The van der Waals surface area contributed by atoms with E-state index < -0.39 is 23.8 Å². The molecule has 1 aromatic heterocycles. The first kappa shape index (κ1) is 21.3. The number of amides is 1. The van der Waals surface area contributed by atoms with Gasteiger partial charge in [-0.2, -0.15) is 13.2 Å². The van der Waals surface area contributed by atoms with Gasteiger partial charge in [0.25, 0.3) is 5.56 Å². The van der Waals surface area contributed by atoms with E-state index in [2.05, 4.69) is 0 Å². The number of fused-ring (bicyclic) bond motifs is 1. The molecule has 1 aliphatic carbocycles. The van der Waals surface area contributed by atoms with Crippen molar-refractivity contribution in [1.82, 2.24) is 9.47 Å². The lowest BCUT2D eigenvalue weighted by atomic mass is 9.93. The predicted molar refractivity (Wildman–Crippen MR) is 106 cm³/mol. The zero-order valence-corrected chi connectivity index (χ0v) is 16.9. The SMILES string of the molecule is O=C(Cn1cccc(C(F)(F)F)c1=O)N(Cc1ccc2c(c1)OCO2)C1CCCCC1. The second-order valence-electron chi connectivity index (χ2n) is 7.85. The molecule has 0 saturated heterocycles. The van der Waals surface area contributed by atoms with Crippen LogP contribution in [-0.4, -0.2) is 28.2 Å². The summed E-state index contributed by atoms with van der Waals surface area (Å²) in [5.74, 6) is 0.850. The summed E-state index contributed by atoms with van der Waals surface area (Å²) in [4.78, 5) is 27.2. The number of ether oxygens (including phenoxy) is 2. The van der Waals surface area contributed by atoms with E-state index in [0.29, 0.717) is 11.5 Å². The van der Waals surface area contributed by atoms with Crippen molar-refractivity contribution in [1.29, 1.82) is 0 Å². The molecule has 0 bridgehead atoms. The van der Waals surface area contributed by atoms with Gasteiger partial charge in [-0.05, 0) is 42.7 Å². The number of aromatic nitrogens is 1. The number of benzene rings is 1. The van der Waals surface area contributed by atoms with Crippen molar-refractivity contribution in [3.8, 4) is 11.5 Å². The molecule has 2 heterocycles. The summed E-state index contributed by atoms with van der Waals surface area (Å²) >= 11 is 0. The van der Waals surface area contributed by atoms with E-state index in [1.54, 1.807) is 11.0 Å². The second kappa shape index (κ2) is 8.64. The van der Waals surface area contributed by atoms with Crippen LogP contribution < -0.4 is 15.0 Å². The Hall–Kier alpha value is -2.97. The van der Waals surface area contributed by atoms with Crippen molar-refractivity contribution in [2.75, 3.05) is 6.79 Å². The first-order valence-corrected chi connectivity index (χ1v) is 10.3. The highest BCUT2D eigenvalue weighted by atomic mass is 19.4. The third-order valence-electron chi connectivity index (χ3n) is 5.76. The highest BCUT2D eigenvalue weighted by molar-refractivity contribution is 5.76. The topological polar surface area (TPSA) is 60.8 Å². The van der Waals surface area contributed by atoms with Gasteiger partial charge in [0.05, 0.1) is 0 Å². The first-order chi connectivity index (χ1) is 14.8. The van der Waals surface area contributed by atoms with Gasteiger partial charge in [-0.25, -0.2) is 0 Å². The standard InChI is InChI=1S/C22H23F3N2O4/c23-22(24,25)17-7-4-10-26(21(17)29)13-20(28)27(16-5-2-1-3-6-16)12-15-8-9-18-19(11-15)31-14-30-18/h4,7-11,16H,1-3,5-6,12-14H2. The number of hydrogen-bond donors (Lipinski definition) is 0. The fourth-order valence-electron chi connectivity index (χ4n) is 4.16. The molecule has 1 aliphatic heterocycles. The van der Waals surface area contributed by atoms with E-state index in [-0.39, 0.29) is 25.3 Å². The van der Waals surface area contributed by atoms with Crippen molar-refractivity contribution < 1.29 is 27.4 Å². The van der Waals surface area contributed by atoms with Crippen molar-refractivity contribution in [3.63, 3.8) is 0 Å². The summed E-state index contributed by atoms with van der Waals surface area (Å²) in [5, 5.41) is 0. The van der Waals surface area contributed by atoms with Gasteiger partial charge in [0.1, 0.15) is 12.1 Å². The van der Waals surface area contributed by atoms with Crippen LogP contribution in [0.15, 0.2) is 41.3 Å². The van der Waals surface area contributed by atoms with E-state index in [9.17, 15) is 22.8 Å². The maximum absolute atomic E-state index is 13.2. The van der Waals surface area contributed by atoms with E-state index in [4.69, 9.17) is 9.47 Å². The molecule has 6 nitrogen and oxygen atoms in total. The van der Waals surface area contributed by atoms with Gasteiger partial charge in [0, 0.05) is 18.8 Å². The largest absolute Gasteiger partial charge is 0.454 e. The fraction of sp³-hybridized carbons (Fsp3) is 0.455. The number of alkyl halides is 3. The lowest BCUT2D eigenvalue weighted by molar-refractivity contribution is -0.140. The van der Waals surface area contributed by atoms with Gasteiger partial charge < -0.3 is 18.9 Å². The van der Waals surface area contributed by atoms with Crippen LogP contribution in [0.5, 0.6) is 11.5 Å². The predicted octanol–water partition coefficient (Wildman–Crippen LogP) is 3.96. The molecule has 1 aromatic carbocycles. The Kier molecular flexibility index (Phi) is 5.93. The van der Waals surface area contributed by atoms with Crippen LogP contribution in [0, 0.1) is 0 Å². The van der Waals surface area contributed by atoms with Gasteiger partial charge in [-0.1, -0.05) is 25.3 Å². The Morgan fingerprint density at radius 3 is 2.58 bits per heavy atom. The van der Waals surface area contributed by atoms with Crippen molar-refractivity contribution >= 4 is 5.91 Å². The van der Waals surface area contributed by atoms with E-state index >= 15 is 0 Å². The van der Waals surface area contributed by atoms with Gasteiger partial charge >= 0.3 is 6.18 Å². The summed E-state index contributed by atoms with van der Waals surface area (Å²) in [5.41, 5.74) is -1.66. The van der Waals surface area contributed by atoms with Crippen LogP contribution in [0.25, 0.3) is 0 Å². The molecule has 1 amide bonds. The molecule has 0 N–H and O–H groups in total. The average molecular weight is 436 g/mol. The molecule has 4 rings (SSSR count). The molecule has 1 saturated carbocycles. The van der Waals surface area contributed by atoms with Crippen LogP contribution in [0.2, 0.25) is 0 Å². The highest BCUT2D eigenvalue weighted by Gasteiger charge is 2.35. The maximum atomic E-state index is 13.2. The Labute approximate surface area is 177 Å². The minimum Gasteiger partial charge on any atom is -0.454 e. The quantitative estimate of drug-likeness (QED) is 0.712. The summed E-state index contributed by atoms with van der Waals surface area (Å²) in [6.45, 7) is -0.0137. The summed E-state index contributed by atoms with van der Waals surface area (Å²) in [6.07, 6.45) is 1.17. The minimum atomic E-state index is -4.77. The van der Waals surface area contributed by atoms with Crippen molar-refractivity contribution in [3.05, 3.63) is 58.0 Å². The summed E-state index contributed by atoms with van der Waals surface area (Å²) in [7, 11) is 0. The molecule has 0 unspecified atom stereocenters. The minimum absolute atomic E-state index is 0.0202. The molecule has 31 heavy (non-hydrogen) atoms. The smallest absolute Gasteiger partial charge is 0.421 e.